The van der Waals surface area contributed by atoms with E-state index in [1.54, 1.807) is 23.2 Å². The van der Waals surface area contributed by atoms with Gasteiger partial charge >= 0.3 is 5.97 Å². The highest BCUT2D eigenvalue weighted by molar-refractivity contribution is 5.94. The number of carbonyl (C=O) groups excluding carboxylic acids is 1. The first kappa shape index (κ1) is 16.2. The number of amides is 1. The van der Waals surface area contributed by atoms with Gasteiger partial charge in [0.1, 0.15) is 0 Å². The fourth-order valence-corrected chi connectivity index (χ4v) is 2.74. The Balaban J connectivity index is 1.63. The van der Waals surface area contributed by atoms with Gasteiger partial charge in [-0.25, -0.2) is 0 Å². The maximum atomic E-state index is 12.6. The highest BCUT2D eigenvalue weighted by Crippen LogP contribution is 2.14. The summed E-state index contributed by atoms with van der Waals surface area (Å²) < 4.78 is 7.21. The molecule has 2 aromatic rings. The van der Waals surface area contributed by atoms with Crippen LogP contribution in [0.4, 0.5) is 0 Å². The van der Waals surface area contributed by atoms with Crippen molar-refractivity contribution in [2.75, 3.05) is 19.7 Å². The lowest BCUT2D eigenvalue weighted by atomic mass is 10.1. The SMILES string of the molecule is O=C(O)C[C@H]1CN(C(=O)c2ccc(Cn3cccn3)cc2)CCO1. The summed E-state index contributed by atoms with van der Waals surface area (Å²) in [6.45, 7) is 1.80. The van der Waals surface area contributed by atoms with Crippen molar-refractivity contribution in [3.8, 4) is 0 Å². The molecule has 126 valence electrons. The van der Waals surface area contributed by atoms with Gasteiger partial charge in [-0.15, -0.1) is 0 Å². The molecule has 0 aliphatic carbocycles. The van der Waals surface area contributed by atoms with E-state index in [4.69, 9.17) is 9.84 Å². The Morgan fingerprint density at radius 2 is 2.08 bits per heavy atom. The predicted octanol–water partition coefficient (Wildman–Crippen LogP) is 1.25. The molecule has 1 aromatic heterocycles. The van der Waals surface area contributed by atoms with Gasteiger partial charge in [-0.05, 0) is 23.8 Å². The van der Waals surface area contributed by atoms with Gasteiger partial charge in [-0.2, -0.15) is 5.10 Å². The standard InChI is InChI=1S/C17H19N3O4/c21-16(22)10-15-12-19(8-9-24-15)17(23)14-4-2-13(3-5-14)11-20-7-1-6-18-20/h1-7,15H,8-12H2,(H,21,22)/t15-/m0/s1. The average molecular weight is 329 g/mol. The van der Waals surface area contributed by atoms with E-state index in [9.17, 15) is 9.59 Å². The van der Waals surface area contributed by atoms with Crippen LogP contribution in [-0.2, 0) is 16.1 Å². The zero-order valence-electron chi connectivity index (χ0n) is 13.2. The Hall–Kier alpha value is -2.67. The molecule has 0 bridgehead atoms. The monoisotopic (exact) mass is 329 g/mol. The number of hydrogen-bond donors (Lipinski definition) is 1. The summed E-state index contributed by atoms with van der Waals surface area (Å²) in [6, 6.07) is 9.27. The summed E-state index contributed by atoms with van der Waals surface area (Å²) in [5.41, 5.74) is 1.65. The normalized spacial score (nSPS) is 17.7. The highest BCUT2D eigenvalue weighted by atomic mass is 16.5. The van der Waals surface area contributed by atoms with Crippen molar-refractivity contribution in [1.82, 2.24) is 14.7 Å². The largest absolute Gasteiger partial charge is 0.481 e. The zero-order chi connectivity index (χ0) is 16.9. The molecule has 1 atom stereocenters. The maximum Gasteiger partial charge on any atom is 0.306 e. The number of benzene rings is 1. The molecule has 1 fully saturated rings. The van der Waals surface area contributed by atoms with Crippen LogP contribution in [0.3, 0.4) is 0 Å². The van der Waals surface area contributed by atoms with Gasteiger partial charge in [0.25, 0.3) is 5.91 Å². The number of aromatic nitrogens is 2. The molecule has 1 aliphatic heterocycles. The van der Waals surface area contributed by atoms with Crippen molar-refractivity contribution in [3.63, 3.8) is 0 Å². The molecule has 0 radical (unpaired) electrons. The zero-order valence-corrected chi connectivity index (χ0v) is 13.2. The number of carboxylic acids is 1. The first-order chi connectivity index (χ1) is 11.6. The first-order valence-corrected chi connectivity index (χ1v) is 7.81. The Labute approximate surface area is 139 Å². The van der Waals surface area contributed by atoms with E-state index in [-0.39, 0.29) is 12.3 Å². The molecule has 1 aliphatic rings. The Kier molecular flexibility index (Phi) is 4.90. The molecule has 2 heterocycles. The number of nitrogens with zero attached hydrogens (tertiary/aromatic N) is 3. The number of aliphatic carboxylic acids is 1. The minimum atomic E-state index is -0.919. The van der Waals surface area contributed by atoms with Crippen LogP contribution in [0, 0.1) is 0 Å². The van der Waals surface area contributed by atoms with Crippen LogP contribution in [0.15, 0.2) is 42.7 Å². The fourth-order valence-electron chi connectivity index (χ4n) is 2.74. The molecular weight excluding hydrogens is 310 g/mol. The lowest BCUT2D eigenvalue weighted by Gasteiger charge is -2.32. The van der Waals surface area contributed by atoms with Crippen molar-refractivity contribution in [2.45, 2.75) is 19.1 Å². The average Bonchev–Trinajstić information content (AvgIpc) is 3.07. The topological polar surface area (TPSA) is 84.7 Å². The third kappa shape index (κ3) is 3.99. The van der Waals surface area contributed by atoms with Crippen LogP contribution >= 0.6 is 0 Å². The van der Waals surface area contributed by atoms with Gasteiger partial charge in [0.15, 0.2) is 0 Å². The van der Waals surface area contributed by atoms with Gasteiger partial charge in [0.2, 0.25) is 0 Å². The van der Waals surface area contributed by atoms with Crippen molar-refractivity contribution in [3.05, 3.63) is 53.9 Å². The van der Waals surface area contributed by atoms with Crippen LogP contribution < -0.4 is 0 Å². The number of carbonyl (C=O) groups is 2. The minimum Gasteiger partial charge on any atom is -0.481 e. The maximum absolute atomic E-state index is 12.6. The molecule has 24 heavy (non-hydrogen) atoms. The number of hydrogen-bond acceptors (Lipinski definition) is 4. The number of carboxylic acid groups (broad SMARTS) is 1. The van der Waals surface area contributed by atoms with E-state index in [0.29, 0.717) is 31.8 Å². The first-order valence-electron chi connectivity index (χ1n) is 7.81. The van der Waals surface area contributed by atoms with Gasteiger partial charge in [-0.3, -0.25) is 14.3 Å². The van der Waals surface area contributed by atoms with Crippen LogP contribution in [0.2, 0.25) is 0 Å². The number of morpholine rings is 1. The Morgan fingerprint density at radius 1 is 1.29 bits per heavy atom. The Morgan fingerprint density at radius 3 is 2.75 bits per heavy atom. The summed E-state index contributed by atoms with van der Waals surface area (Å²) in [6.07, 6.45) is 3.07. The number of ether oxygens (including phenoxy) is 1. The molecule has 3 rings (SSSR count). The molecule has 7 nitrogen and oxygen atoms in total. The fraction of sp³-hybridized carbons (Fsp3) is 0.353. The van der Waals surface area contributed by atoms with Gasteiger partial charge in [-0.1, -0.05) is 12.1 Å². The molecule has 0 saturated carbocycles. The van der Waals surface area contributed by atoms with Gasteiger partial charge in [0, 0.05) is 31.0 Å². The van der Waals surface area contributed by atoms with E-state index in [0.717, 1.165) is 5.56 Å². The van der Waals surface area contributed by atoms with Crippen molar-refractivity contribution in [2.24, 2.45) is 0 Å². The van der Waals surface area contributed by atoms with Crippen LogP contribution in [0.5, 0.6) is 0 Å². The van der Waals surface area contributed by atoms with E-state index in [1.165, 1.54) is 0 Å². The second-order valence-electron chi connectivity index (χ2n) is 5.74. The van der Waals surface area contributed by atoms with E-state index >= 15 is 0 Å². The summed E-state index contributed by atoms with van der Waals surface area (Å²) in [7, 11) is 0. The summed E-state index contributed by atoms with van der Waals surface area (Å²) in [5, 5.41) is 13.0. The predicted molar refractivity (Wildman–Crippen MR) is 85.7 cm³/mol. The van der Waals surface area contributed by atoms with Crippen LogP contribution in [0.25, 0.3) is 0 Å². The Bertz CT molecular complexity index is 697. The molecule has 0 unspecified atom stereocenters. The highest BCUT2D eigenvalue weighted by Gasteiger charge is 2.26. The molecule has 7 heteroatoms. The molecule has 1 aromatic carbocycles. The minimum absolute atomic E-state index is 0.0907. The van der Waals surface area contributed by atoms with Crippen molar-refractivity contribution >= 4 is 11.9 Å². The lowest BCUT2D eigenvalue weighted by Crippen LogP contribution is -2.46. The van der Waals surface area contributed by atoms with Gasteiger partial charge in [0.05, 0.1) is 25.7 Å². The molecule has 1 amide bonds. The van der Waals surface area contributed by atoms with E-state index in [1.807, 2.05) is 29.1 Å². The smallest absolute Gasteiger partial charge is 0.306 e. The van der Waals surface area contributed by atoms with Crippen LogP contribution in [0.1, 0.15) is 22.3 Å². The lowest BCUT2D eigenvalue weighted by molar-refractivity contribution is -0.141. The molecular formula is C17H19N3O4. The van der Waals surface area contributed by atoms with E-state index < -0.39 is 12.1 Å². The second kappa shape index (κ2) is 7.27. The summed E-state index contributed by atoms with van der Waals surface area (Å²) in [5.74, 6) is -1.02. The van der Waals surface area contributed by atoms with Crippen LogP contribution in [-0.4, -0.2) is 57.5 Å². The third-order valence-electron chi connectivity index (χ3n) is 3.93. The molecule has 1 saturated heterocycles. The molecule has 1 N–H and O–H groups in total. The van der Waals surface area contributed by atoms with E-state index in [2.05, 4.69) is 5.10 Å². The second-order valence-corrected chi connectivity index (χ2v) is 5.74. The number of rotatable bonds is 5. The van der Waals surface area contributed by atoms with Crippen molar-refractivity contribution < 1.29 is 19.4 Å². The summed E-state index contributed by atoms with van der Waals surface area (Å²) >= 11 is 0. The summed E-state index contributed by atoms with van der Waals surface area (Å²) in [4.78, 5) is 25.0. The van der Waals surface area contributed by atoms with Crippen molar-refractivity contribution in [1.29, 1.82) is 0 Å². The molecule has 0 spiro atoms. The van der Waals surface area contributed by atoms with Gasteiger partial charge < -0.3 is 14.7 Å². The third-order valence-corrected chi connectivity index (χ3v) is 3.93. The quantitative estimate of drug-likeness (QED) is 0.892.